The molecule has 1 N–H and O–H groups in total. The number of fused-ring (bicyclic) bond motifs is 5. The van der Waals surface area contributed by atoms with Gasteiger partial charge >= 0.3 is 5.97 Å². The third-order valence-electron chi connectivity index (χ3n) is 10.7. The van der Waals surface area contributed by atoms with Gasteiger partial charge in [-0.25, -0.2) is 4.79 Å². The van der Waals surface area contributed by atoms with Gasteiger partial charge in [0.15, 0.2) is 23.3 Å². The molecular formula is C33H42O6. The summed E-state index contributed by atoms with van der Waals surface area (Å²) in [7, 11) is 0. The Bertz CT molecular complexity index is 1300. The first-order valence-electron chi connectivity index (χ1n) is 14.4. The molecule has 1 aliphatic heterocycles. The number of ketones is 1. The van der Waals surface area contributed by atoms with Crippen molar-refractivity contribution in [3.05, 3.63) is 58.7 Å². The van der Waals surface area contributed by atoms with Crippen molar-refractivity contribution in [2.45, 2.75) is 91.3 Å². The number of esters is 1. The lowest BCUT2D eigenvalue weighted by molar-refractivity contribution is -0.302. The highest BCUT2D eigenvalue weighted by atomic mass is 16.7. The van der Waals surface area contributed by atoms with Gasteiger partial charge in [-0.3, -0.25) is 4.79 Å². The average Bonchev–Trinajstić information content (AvgIpc) is 3.36. The topological polar surface area (TPSA) is 82.1 Å². The van der Waals surface area contributed by atoms with Crippen molar-refractivity contribution in [2.75, 3.05) is 6.61 Å². The van der Waals surface area contributed by atoms with E-state index in [4.69, 9.17) is 14.2 Å². The third kappa shape index (κ3) is 3.50. The second kappa shape index (κ2) is 8.37. The summed E-state index contributed by atoms with van der Waals surface area (Å²) in [6, 6.07) is 7.43. The standard InChI is InChI=1S/C33H42O6/c1-17(2)21-11-9-10-12-22(21)29(35)38-27-18(3)15-32-19(4)13-24-25(30(24,5)6)23(26(32)34)14-20-16-37-31(7,8)39-28(20)33(27,32)36/h9-12,14-15,17,19,23-25,27-28,36H,13,16H2,1-8H3/t19-,23+,24-,25+,27+,28-,32+,33-/m1/s1. The summed E-state index contributed by atoms with van der Waals surface area (Å²) in [5.41, 5.74) is -0.193. The van der Waals surface area contributed by atoms with E-state index in [1.165, 1.54) is 0 Å². The second-order valence-electron chi connectivity index (χ2n) is 14.0. The van der Waals surface area contributed by atoms with Crippen LogP contribution >= 0.6 is 0 Å². The maximum absolute atomic E-state index is 14.8. The zero-order valence-electron chi connectivity index (χ0n) is 24.4. The Morgan fingerprint density at radius 3 is 2.54 bits per heavy atom. The van der Waals surface area contributed by atoms with Crippen molar-refractivity contribution in [2.24, 2.45) is 34.5 Å². The van der Waals surface area contributed by atoms with Gasteiger partial charge in [-0.05, 0) is 79.1 Å². The molecule has 6 rings (SSSR count). The molecule has 4 aliphatic carbocycles. The molecule has 0 radical (unpaired) electrons. The summed E-state index contributed by atoms with van der Waals surface area (Å²) in [4.78, 5) is 28.6. The van der Waals surface area contributed by atoms with Gasteiger partial charge in [0.1, 0.15) is 6.10 Å². The van der Waals surface area contributed by atoms with E-state index in [-0.39, 0.29) is 41.5 Å². The second-order valence-corrected chi connectivity index (χ2v) is 14.0. The zero-order valence-corrected chi connectivity index (χ0v) is 24.4. The Morgan fingerprint density at radius 2 is 1.85 bits per heavy atom. The molecule has 2 saturated carbocycles. The van der Waals surface area contributed by atoms with E-state index < -0.39 is 35.0 Å². The van der Waals surface area contributed by atoms with Crippen LogP contribution in [-0.4, -0.2) is 47.1 Å². The Balaban J connectivity index is 1.51. The predicted octanol–water partition coefficient (Wildman–Crippen LogP) is 5.60. The number of hydrogen-bond acceptors (Lipinski definition) is 6. The molecule has 0 aromatic heterocycles. The van der Waals surface area contributed by atoms with E-state index in [1.807, 2.05) is 65.0 Å². The lowest BCUT2D eigenvalue weighted by Crippen LogP contribution is -2.68. The van der Waals surface area contributed by atoms with Gasteiger partial charge < -0.3 is 19.3 Å². The monoisotopic (exact) mass is 534 g/mol. The van der Waals surface area contributed by atoms with E-state index in [1.54, 1.807) is 6.07 Å². The van der Waals surface area contributed by atoms with Crippen molar-refractivity contribution in [3.8, 4) is 0 Å². The molecule has 6 heteroatoms. The minimum atomic E-state index is -1.81. The highest BCUT2D eigenvalue weighted by molar-refractivity contribution is 5.96. The number of ether oxygens (including phenoxy) is 3. The van der Waals surface area contributed by atoms with Crippen LogP contribution in [-0.2, 0) is 19.0 Å². The number of benzene rings is 1. The zero-order chi connectivity index (χ0) is 28.3. The van der Waals surface area contributed by atoms with Crippen molar-refractivity contribution in [1.29, 1.82) is 0 Å². The minimum absolute atomic E-state index is 0.0133. The van der Waals surface area contributed by atoms with Crippen LogP contribution < -0.4 is 0 Å². The number of carbonyl (C=O) groups is 2. The highest BCUT2D eigenvalue weighted by Crippen LogP contribution is 2.72. The Labute approximate surface area is 231 Å². The molecule has 2 bridgehead atoms. The fraction of sp³-hybridized carbons (Fsp3) is 0.636. The first-order chi connectivity index (χ1) is 18.2. The van der Waals surface area contributed by atoms with Crippen molar-refractivity contribution < 1.29 is 28.9 Å². The first kappa shape index (κ1) is 26.9. The van der Waals surface area contributed by atoms with E-state index in [0.29, 0.717) is 17.1 Å². The van der Waals surface area contributed by atoms with Gasteiger partial charge in [-0.1, -0.05) is 65.0 Å². The number of rotatable bonds is 3. The molecule has 1 spiro atoms. The maximum Gasteiger partial charge on any atom is 0.339 e. The van der Waals surface area contributed by atoms with Crippen molar-refractivity contribution in [3.63, 3.8) is 0 Å². The summed E-state index contributed by atoms with van der Waals surface area (Å²) in [5.74, 6) is -1.28. The van der Waals surface area contributed by atoms with Gasteiger partial charge in [0.05, 0.1) is 17.6 Å². The van der Waals surface area contributed by atoms with Crippen LogP contribution in [0.2, 0.25) is 0 Å². The first-order valence-corrected chi connectivity index (χ1v) is 14.4. The smallest absolute Gasteiger partial charge is 0.339 e. The van der Waals surface area contributed by atoms with E-state index in [2.05, 4.69) is 20.8 Å². The number of carbonyl (C=O) groups excluding carboxylic acids is 2. The molecule has 0 amide bonds. The van der Waals surface area contributed by atoms with E-state index in [0.717, 1.165) is 17.6 Å². The van der Waals surface area contributed by atoms with E-state index >= 15 is 0 Å². The fourth-order valence-corrected chi connectivity index (χ4v) is 8.66. The van der Waals surface area contributed by atoms with Gasteiger partial charge in [-0.2, -0.15) is 0 Å². The summed E-state index contributed by atoms with van der Waals surface area (Å²) in [5, 5.41) is 13.2. The van der Waals surface area contributed by atoms with Gasteiger partial charge in [0.25, 0.3) is 0 Å². The fourth-order valence-electron chi connectivity index (χ4n) is 8.66. The lowest BCUT2D eigenvalue weighted by Gasteiger charge is -2.52. The normalized spacial score (nSPS) is 41.3. The highest BCUT2D eigenvalue weighted by Gasteiger charge is 2.77. The van der Waals surface area contributed by atoms with Crippen LogP contribution in [0.25, 0.3) is 0 Å². The quantitative estimate of drug-likeness (QED) is 0.402. The van der Waals surface area contributed by atoms with Crippen LogP contribution in [0.1, 0.15) is 83.7 Å². The molecule has 5 aliphatic rings. The summed E-state index contributed by atoms with van der Waals surface area (Å²) >= 11 is 0. The molecule has 1 saturated heterocycles. The molecule has 39 heavy (non-hydrogen) atoms. The molecule has 3 fully saturated rings. The molecule has 6 nitrogen and oxygen atoms in total. The molecular weight excluding hydrogens is 492 g/mol. The average molecular weight is 535 g/mol. The Kier molecular flexibility index (Phi) is 5.78. The maximum atomic E-state index is 14.8. The summed E-state index contributed by atoms with van der Waals surface area (Å²) in [6.45, 7) is 16.4. The number of aliphatic hydroxyl groups is 1. The Hall–Kier alpha value is -2.28. The largest absolute Gasteiger partial charge is 0.451 e. The summed E-state index contributed by atoms with van der Waals surface area (Å²) < 4.78 is 18.9. The molecule has 0 unspecified atom stereocenters. The van der Waals surface area contributed by atoms with Crippen LogP contribution in [0.5, 0.6) is 0 Å². The van der Waals surface area contributed by atoms with Crippen LogP contribution in [0.15, 0.2) is 47.6 Å². The molecule has 210 valence electrons. The third-order valence-corrected chi connectivity index (χ3v) is 10.7. The molecule has 1 aromatic rings. The number of Topliss-reactive ketones (excluding diaryl/α,β-unsaturated/α-hetero) is 1. The number of allylic oxidation sites excluding steroid dienone is 1. The summed E-state index contributed by atoms with van der Waals surface area (Å²) in [6.07, 6.45) is 2.88. The van der Waals surface area contributed by atoms with Crippen LogP contribution in [0, 0.1) is 34.5 Å². The molecule has 1 aromatic carbocycles. The van der Waals surface area contributed by atoms with Crippen LogP contribution in [0.4, 0.5) is 0 Å². The van der Waals surface area contributed by atoms with Gasteiger partial charge in [0.2, 0.25) is 0 Å². The molecule has 8 atom stereocenters. The lowest BCUT2D eigenvalue weighted by atomic mass is 9.59. The van der Waals surface area contributed by atoms with Gasteiger partial charge in [-0.15, -0.1) is 0 Å². The van der Waals surface area contributed by atoms with Crippen molar-refractivity contribution >= 4 is 11.8 Å². The van der Waals surface area contributed by atoms with Gasteiger partial charge in [0, 0.05) is 5.92 Å². The Morgan fingerprint density at radius 1 is 1.15 bits per heavy atom. The molecule has 1 heterocycles. The minimum Gasteiger partial charge on any atom is -0.451 e. The van der Waals surface area contributed by atoms with E-state index in [9.17, 15) is 14.7 Å². The predicted molar refractivity (Wildman–Crippen MR) is 147 cm³/mol. The van der Waals surface area contributed by atoms with Crippen LogP contribution in [0.3, 0.4) is 0 Å². The van der Waals surface area contributed by atoms with Crippen molar-refractivity contribution in [1.82, 2.24) is 0 Å². The number of hydrogen-bond donors (Lipinski definition) is 1. The SMILES string of the molecule is CC1=C[C@]23C(=O)[C@@H](C=C4COC(C)(C)O[C@H]4[C@]2(O)[C@H]1OC(=O)c1ccccc1C(C)C)[C@H]1[C@@H](C[C@H]3C)C1(C)C.